The quantitative estimate of drug-likeness (QED) is 0.366. The van der Waals surface area contributed by atoms with Crippen LogP contribution in [0.4, 0.5) is 11.4 Å². The van der Waals surface area contributed by atoms with Gasteiger partial charge in [0.15, 0.2) is 0 Å². The van der Waals surface area contributed by atoms with Crippen molar-refractivity contribution in [3.05, 3.63) is 113 Å². The highest BCUT2D eigenvalue weighted by Crippen LogP contribution is 2.55. The lowest BCUT2D eigenvalue weighted by molar-refractivity contribution is -0.144. The fraction of sp³-hybridized carbons (Fsp3) is 0.324. The first-order valence-electron chi connectivity index (χ1n) is 15.9. The monoisotopic (exact) mass is 653 g/mol. The maximum absolute atomic E-state index is 14.9. The molecular formula is C37H36ClN3O6. The molecule has 10 heteroatoms. The van der Waals surface area contributed by atoms with Crippen LogP contribution in [0, 0.1) is 18.8 Å². The maximum Gasteiger partial charge on any atom is 0.253 e. The molecule has 7 rings (SSSR count). The average Bonchev–Trinajstić information content (AvgIpc) is 3.39. The Hall–Kier alpha value is -4.44. The zero-order valence-electron chi connectivity index (χ0n) is 26.2. The van der Waals surface area contributed by atoms with E-state index < -0.39 is 54.0 Å². The Labute approximate surface area is 278 Å². The second kappa shape index (κ2) is 12.3. The van der Waals surface area contributed by atoms with E-state index in [-0.39, 0.29) is 12.5 Å². The van der Waals surface area contributed by atoms with Crippen molar-refractivity contribution in [2.24, 2.45) is 11.8 Å². The van der Waals surface area contributed by atoms with Crippen molar-refractivity contribution >= 4 is 40.7 Å². The van der Waals surface area contributed by atoms with Gasteiger partial charge in [0, 0.05) is 18.8 Å². The highest BCUT2D eigenvalue weighted by atomic mass is 35.5. The summed E-state index contributed by atoms with van der Waals surface area (Å²) < 4.78 is 12.4. The van der Waals surface area contributed by atoms with E-state index in [0.29, 0.717) is 40.9 Å². The summed E-state index contributed by atoms with van der Waals surface area (Å²) in [6.45, 7) is 4.35. The van der Waals surface area contributed by atoms with E-state index in [4.69, 9.17) is 21.1 Å². The fourth-order valence-corrected chi connectivity index (χ4v) is 8.05. The molecule has 3 aromatic rings. The summed E-state index contributed by atoms with van der Waals surface area (Å²) in [5.74, 6) is -2.34. The molecule has 4 aliphatic heterocycles. The first-order chi connectivity index (χ1) is 22.8. The molecule has 1 spiro atoms. The molecule has 0 saturated carbocycles. The Balaban J connectivity index is 1.35. The average molecular weight is 654 g/mol. The van der Waals surface area contributed by atoms with E-state index in [1.54, 1.807) is 21.9 Å². The Kier molecular flexibility index (Phi) is 8.16. The van der Waals surface area contributed by atoms with Gasteiger partial charge in [0.2, 0.25) is 11.8 Å². The van der Waals surface area contributed by atoms with E-state index in [9.17, 15) is 19.5 Å². The van der Waals surface area contributed by atoms with Crippen molar-refractivity contribution in [2.45, 2.75) is 37.6 Å². The number of anilines is 2. The molecule has 0 radical (unpaired) electrons. The van der Waals surface area contributed by atoms with Gasteiger partial charge in [0.25, 0.3) is 5.91 Å². The van der Waals surface area contributed by atoms with Crippen molar-refractivity contribution in [3.8, 4) is 5.75 Å². The van der Waals surface area contributed by atoms with Crippen LogP contribution >= 0.6 is 11.6 Å². The van der Waals surface area contributed by atoms with Gasteiger partial charge in [-0.05, 0) is 55.3 Å². The predicted molar refractivity (Wildman–Crippen MR) is 178 cm³/mol. The molecule has 47 heavy (non-hydrogen) atoms. The first-order valence-corrected chi connectivity index (χ1v) is 16.3. The topological polar surface area (TPSA) is 99.6 Å². The molecular weight excluding hydrogens is 618 g/mol. The molecule has 4 aliphatic rings. The summed E-state index contributed by atoms with van der Waals surface area (Å²) in [5.41, 5.74) is 1.19. The van der Waals surface area contributed by atoms with Crippen LogP contribution in [0.15, 0.2) is 97.1 Å². The molecule has 1 N–H and O–H groups in total. The molecule has 9 nitrogen and oxygen atoms in total. The number of aliphatic hydroxyl groups excluding tert-OH is 1. The van der Waals surface area contributed by atoms with Crippen molar-refractivity contribution < 1.29 is 29.0 Å². The lowest BCUT2D eigenvalue weighted by Gasteiger charge is -2.39. The van der Waals surface area contributed by atoms with Crippen LogP contribution in [-0.4, -0.2) is 71.8 Å². The van der Waals surface area contributed by atoms with Gasteiger partial charge in [-0.15, -0.1) is 0 Å². The van der Waals surface area contributed by atoms with Gasteiger partial charge in [0.1, 0.15) is 17.4 Å². The summed E-state index contributed by atoms with van der Waals surface area (Å²) in [4.78, 5) is 49.1. The number of para-hydroxylation sites is 1. The molecule has 3 amide bonds. The Morgan fingerprint density at radius 1 is 0.936 bits per heavy atom. The molecule has 3 aromatic carbocycles. The van der Waals surface area contributed by atoms with E-state index in [2.05, 4.69) is 0 Å². The smallest absolute Gasteiger partial charge is 0.253 e. The molecule has 1 unspecified atom stereocenters. The third-order valence-electron chi connectivity index (χ3n) is 9.71. The second-order valence-electron chi connectivity index (χ2n) is 12.3. The van der Waals surface area contributed by atoms with Crippen molar-refractivity contribution in [2.75, 3.05) is 36.1 Å². The van der Waals surface area contributed by atoms with E-state index in [1.165, 1.54) is 4.90 Å². The summed E-state index contributed by atoms with van der Waals surface area (Å²) in [5, 5.41) is 11.2. The number of halogens is 1. The molecule has 242 valence electrons. The third kappa shape index (κ3) is 4.96. The summed E-state index contributed by atoms with van der Waals surface area (Å²) >= 11 is 6.69. The highest BCUT2D eigenvalue weighted by Gasteiger charge is 2.72. The minimum absolute atomic E-state index is 0.187. The van der Waals surface area contributed by atoms with Gasteiger partial charge < -0.3 is 29.3 Å². The van der Waals surface area contributed by atoms with Gasteiger partial charge in [0.05, 0.1) is 47.9 Å². The lowest BCUT2D eigenvalue weighted by atomic mass is 9.77. The lowest BCUT2D eigenvalue weighted by Crippen LogP contribution is -2.56. The van der Waals surface area contributed by atoms with Crippen molar-refractivity contribution in [1.29, 1.82) is 0 Å². The predicted octanol–water partition coefficient (Wildman–Crippen LogP) is 4.87. The third-order valence-corrected chi connectivity index (χ3v) is 10.0. The summed E-state index contributed by atoms with van der Waals surface area (Å²) in [7, 11) is 0. The fourth-order valence-electron chi connectivity index (χ4n) is 7.73. The zero-order chi connectivity index (χ0) is 32.9. The maximum atomic E-state index is 14.9. The molecule has 6 atom stereocenters. The van der Waals surface area contributed by atoms with Crippen LogP contribution in [0.5, 0.6) is 5.75 Å². The molecule has 2 saturated heterocycles. The Morgan fingerprint density at radius 3 is 2.38 bits per heavy atom. The number of aliphatic hydroxyl groups is 1. The first kappa shape index (κ1) is 31.2. The summed E-state index contributed by atoms with van der Waals surface area (Å²) in [6, 6.07) is 19.8. The Bertz CT molecular complexity index is 1740. The molecule has 4 heterocycles. The van der Waals surface area contributed by atoms with Crippen LogP contribution in [0.3, 0.4) is 0 Å². The van der Waals surface area contributed by atoms with Gasteiger partial charge in [-0.25, -0.2) is 0 Å². The number of aryl methyl sites for hydroxylation is 1. The normalized spacial score (nSPS) is 27.3. The minimum Gasteiger partial charge on any atom is -0.494 e. The van der Waals surface area contributed by atoms with Crippen molar-refractivity contribution in [3.63, 3.8) is 0 Å². The standard InChI is InChI=1S/C37H36ClN3O6/c1-3-46-26-17-15-25(16-18-26)39-20-8-14-29-30(34(39)43)31-35(44)41(28(22-42)24-11-5-4-6-12-24)33-36(45)40(21-9-19-37(31,33)47-29)32-23(2)10-7-13-27(32)38/h4-19,28-31,33,42H,3,20-22H2,1-2H3/t28-,29-,30+,31+,33?,37+/m1/s1. The largest absolute Gasteiger partial charge is 0.494 e. The number of hydrogen-bond acceptors (Lipinski definition) is 6. The number of ether oxygens (including phenoxy) is 2. The number of fused-ring (bicyclic) bond motifs is 2. The molecule has 2 fully saturated rings. The number of carbonyl (C=O) groups excluding carboxylic acids is 3. The van der Waals surface area contributed by atoms with Gasteiger partial charge in [-0.3, -0.25) is 14.4 Å². The Morgan fingerprint density at radius 2 is 1.68 bits per heavy atom. The van der Waals surface area contributed by atoms with Crippen LogP contribution in [0.2, 0.25) is 5.02 Å². The molecule has 0 aliphatic carbocycles. The number of nitrogens with zero attached hydrogens (tertiary/aromatic N) is 3. The molecule has 0 aromatic heterocycles. The number of benzene rings is 3. The van der Waals surface area contributed by atoms with Gasteiger partial charge >= 0.3 is 0 Å². The second-order valence-corrected chi connectivity index (χ2v) is 12.7. The van der Waals surface area contributed by atoms with Crippen LogP contribution in [-0.2, 0) is 19.1 Å². The summed E-state index contributed by atoms with van der Waals surface area (Å²) in [6.07, 6.45) is 6.57. The number of amides is 3. The number of carbonyl (C=O) groups is 3. The van der Waals surface area contributed by atoms with Gasteiger partial charge in [-0.2, -0.15) is 0 Å². The minimum atomic E-state index is -1.47. The van der Waals surface area contributed by atoms with Crippen LogP contribution < -0.4 is 14.5 Å². The van der Waals surface area contributed by atoms with Crippen molar-refractivity contribution in [1.82, 2.24) is 4.90 Å². The van der Waals surface area contributed by atoms with E-state index in [1.807, 2.05) is 98.8 Å². The SMILES string of the molecule is CCOc1ccc(N2CC=C[C@H]3O[C@]45C=CCN(c6c(C)cccc6Cl)C(=O)C4N([C@H](CO)c4ccccc4)C(=O)[C@@H]5[C@H]3C2=O)cc1. The van der Waals surface area contributed by atoms with Crippen LogP contribution in [0.25, 0.3) is 0 Å². The van der Waals surface area contributed by atoms with E-state index >= 15 is 0 Å². The number of likely N-dealkylation sites (tertiary alicyclic amines) is 1. The number of rotatable bonds is 7. The number of hydrogen-bond donors (Lipinski definition) is 1. The van der Waals surface area contributed by atoms with Crippen LogP contribution in [0.1, 0.15) is 24.1 Å². The molecule has 0 bridgehead atoms. The van der Waals surface area contributed by atoms with E-state index in [0.717, 1.165) is 5.56 Å². The van der Waals surface area contributed by atoms with Gasteiger partial charge in [-0.1, -0.05) is 78.4 Å². The highest BCUT2D eigenvalue weighted by molar-refractivity contribution is 6.34. The zero-order valence-corrected chi connectivity index (χ0v) is 26.9.